The highest BCUT2D eigenvalue weighted by molar-refractivity contribution is 5.91. The summed E-state index contributed by atoms with van der Waals surface area (Å²) in [5.74, 6) is 0.0194. The number of carbonyl (C=O) groups excluding carboxylic acids is 1. The summed E-state index contributed by atoms with van der Waals surface area (Å²) in [5.41, 5.74) is 3.04. The predicted octanol–water partition coefficient (Wildman–Crippen LogP) is 1.55. The van der Waals surface area contributed by atoms with Crippen molar-refractivity contribution in [2.45, 2.75) is 0 Å². The maximum absolute atomic E-state index is 11.2. The fourth-order valence-electron chi connectivity index (χ4n) is 2.12. The topological polar surface area (TPSA) is 105 Å². The Morgan fingerprint density at radius 2 is 2.00 bits per heavy atom. The summed E-state index contributed by atoms with van der Waals surface area (Å²) in [5, 5.41) is 18.5. The van der Waals surface area contributed by atoms with Crippen molar-refractivity contribution in [1.82, 2.24) is 19.7 Å². The van der Waals surface area contributed by atoms with Crippen LogP contribution in [0.2, 0.25) is 0 Å². The van der Waals surface area contributed by atoms with Gasteiger partial charge in [-0.2, -0.15) is 5.10 Å². The Kier molecular flexibility index (Phi) is 4.48. The van der Waals surface area contributed by atoms with Gasteiger partial charge in [0.15, 0.2) is 0 Å². The van der Waals surface area contributed by atoms with E-state index >= 15 is 0 Å². The summed E-state index contributed by atoms with van der Waals surface area (Å²) < 4.78 is 1.69. The lowest BCUT2D eigenvalue weighted by molar-refractivity contribution is -0.118. The first-order valence-corrected chi connectivity index (χ1v) is 7.24. The number of anilines is 3. The van der Waals surface area contributed by atoms with Crippen molar-refractivity contribution < 1.29 is 9.90 Å². The Bertz CT molecular complexity index is 844. The van der Waals surface area contributed by atoms with Gasteiger partial charge in [-0.3, -0.25) is 9.48 Å². The first-order chi connectivity index (χ1) is 11.6. The Morgan fingerprint density at radius 3 is 2.67 bits per heavy atom. The zero-order valence-electron chi connectivity index (χ0n) is 13.0. The largest absolute Gasteiger partial charge is 0.387 e. The summed E-state index contributed by atoms with van der Waals surface area (Å²) in [6.45, 7) is -0.545. The molecule has 0 aliphatic rings. The third-order valence-electron chi connectivity index (χ3n) is 3.22. The van der Waals surface area contributed by atoms with Gasteiger partial charge in [-0.25, -0.2) is 9.97 Å². The fourth-order valence-corrected chi connectivity index (χ4v) is 2.12. The molecular formula is C16H16N6O2. The minimum absolute atomic E-state index is 0.451. The molecule has 1 amide bonds. The molecule has 0 unspecified atom stereocenters. The van der Waals surface area contributed by atoms with Crippen LogP contribution in [0.15, 0.2) is 48.9 Å². The number of hydrogen-bond acceptors (Lipinski definition) is 6. The van der Waals surface area contributed by atoms with E-state index in [0.29, 0.717) is 11.6 Å². The van der Waals surface area contributed by atoms with E-state index in [0.717, 1.165) is 16.9 Å². The molecule has 0 aliphatic carbocycles. The first kappa shape index (κ1) is 15.6. The molecular weight excluding hydrogens is 308 g/mol. The van der Waals surface area contributed by atoms with Crippen LogP contribution in [-0.2, 0) is 11.8 Å². The number of nitrogens with zero attached hydrogens (tertiary/aromatic N) is 4. The lowest BCUT2D eigenvalue weighted by Gasteiger charge is -2.07. The fraction of sp³-hybridized carbons (Fsp3) is 0.125. The molecule has 8 heteroatoms. The summed E-state index contributed by atoms with van der Waals surface area (Å²) in [7, 11) is 1.83. The Hall–Kier alpha value is -3.26. The van der Waals surface area contributed by atoms with Crippen molar-refractivity contribution in [2.24, 2.45) is 7.05 Å². The van der Waals surface area contributed by atoms with E-state index in [1.54, 1.807) is 35.3 Å². The molecule has 0 atom stereocenters. The van der Waals surface area contributed by atoms with Gasteiger partial charge in [0.2, 0.25) is 11.9 Å². The lowest BCUT2D eigenvalue weighted by atomic mass is 10.1. The average molecular weight is 324 g/mol. The van der Waals surface area contributed by atoms with Crippen molar-refractivity contribution in [3.8, 4) is 11.3 Å². The van der Waals surface area contributed by atoms with E-state index in [1.165, 1.54) is 0 Å². The van der Waals surface area contributed by atoms with Crippen molar-refractivity contribution in [1.29, 1.82) is 0 Å². The second-order valence-electron chi connectivity index (χ2n) is 5.08. The molecule has 0 spiro atoms. The number of hydrogen-bond donors (Lipinski definition) is 3. The van der Waals surface area contributed by atoms with Crippen LogP contribution in [0.5, 0.6) is 0 Å². The van der Waals surface area contributed by atoms with Crippen LogP contribution in [0.4, 0.5) is 17.3 Å². The van der Waals surface area contributed by atoms with Crippen LogP contribution in [0, 0.1) is 0 Å². The zero-order chi connectivity index (χ0) is 16.9. The number of aryl methyl sites for hydroxylation is 1. The second-order valence-corrected chi connectivity index (χ2v) is 5.08. The third kappa shape index (κ3) is 3.73. The van der Waals surface area contributed by atoms with Crippen LogP contribution in [0.1, 0.15) is 0 Å². The van der Waals surface area contributed by atoms with Gasteiger partial charge >= 0.3 is 0 Å². The zero-order valence-corrected chi connectivity index (χ0v) is 13.0. The van der Waals surface area contributed by atoms with Crippen molar-refractivity contribution in [2.75, 3.05) is 17.2 Å². The molecule has 122 valence electrons. The maximum atomic E-state index is 11.2. The van der Waals surface area contributed by atoms with Crippen LogP contribution < -0.4 is 10.6 Å². The quantitative estimate of drug-likeness (QED) is 0.658. The summed E-state index contributed by atoms with van der Waals surface area (Å²) in [6.07, 6.45) is 5.19. The number of rotatable bonds is 5. The molecule has 1 aromatic carbocycles. The standard InChI is InChI=1S/C16H16N6O2/c1-22-9-13(8-18-22)20-16-17-7-6-14(21-16)11-2-4-12(5-3-11)19-15(24)10-23/h2-9,23H,10H2,1H3,(H,19,24)(H,17,20,21). The van der Waals surface area contributed by atoms with Crippen molar-refractivity contribution >= 4 is 23.2 Å². The number of aromatic nitrogens is 4. The molecule has 3 N–H and O–H groups in total. The highest BCUT2D eigenvalue weighted by Crippen LogP contribution is 2.21. The van der Waals surface area contributed by atoms with Gasteiger partial charge < -0.3 is 15.7 Å². The summed E-state index contributed by atoms with van der Waals surface area (Å²) >= 11 is 0. The smallest absolute Gasteiger partial charge is 0.250 e. The minimum atomic E-state index is -0.545. The molecule has 0 bridgehead atoms. The molecule has 0 fully saturated rings. The Labute approximate surface area is 138 Å². The third-order valence-corrected chi connectivity index (χ3v) is 3.22. The number of nitrogens with one attached hydrogen (secondary N) is 2. The first-order valence-electron chi connectivity index (χ1n) is 7.24. The average Bonchev–Trinajstić information content (AvgIpc) is 3.00. The van der Waals surface area contributed by atoms with E-state index in [1.807, 2.05) is 25.4 Å². The van der Waals surface area contributed by atoms with Crippen LogP contribution in [0.25, 0.3) is 11.3 Å². The number of benzene rings is 1. The highest BCUT2D eigenvalue weighted by Gasteiger charge is 2.05. The van der Waals surface area contributed by atoms with Gasteiger partial charge in [0.1, 0.15) is 6.61 Å². The van der Waals surface area contributed by atoms with Gasteiger partial charge in [-0.05, 0) is 18.2 Å². The van der Waals surface area contributed by atoms with E-state index in [2.05, 4.69) is 25.7 Å². The summed E-state index contributed by atoms with van der Waals surface area (Å²) in [6, 6.07) is 8.97. The molecule has 2 aromatic heterocycles. The van der Waals surface area contributed by atoms with Gasteiger partial charge in [0.05, 0.1) is 17.6 Å². The lowest BCUT2D eigenvalue weighted by Crippen LogP contribution is -2.15. The number of carbonyl (C=O) groups is 1. The number of aliphatic hydroxyl groups excluding tert-OH is 1. The van der Waals surface area contributed by atoms with Crippen LogP contribution in [-0.4, -0.2) is 37.4 Å². The van der Waals surface area contributed by atoms with E-state index in [4.69, 9.17) is 5.11 Å². The van der Waals surface area contributed by atoms with Crippen molar-refractivity contribution in [3.05, 3.63) is 48.9 Å². The van der Waals surface area contributed by atoms with E-state index in [-0.39, 0.29) is 0 Å². The number of amides is 1. The molecule has 0 aliphatic heterocycles. The Morgan fingerprint density at radius 1 is 1.21 bits per heavy atom. The monoisotopic (exact) mass is 324 g/mol. The van der Waals surface area contributed by atoms with E-state index in [9.17, 15) is 4.79 Å². The van der Waals surface area contributed by atoms with Gasteiger partial charge in [-0.15, -0.1) is 0 Å². The molecule has 24 heavy (non-hydrogen) atoms. The van der Waals surface area contributed by atoms with Crippen molar-refractivity contribution in [3.63, 3.8) is 0 Å². The van der Waals surface area contributed by atoms with Crippen LogP contribution >= 0.6 is 0 Å². The maximum Gasteiger partial charge on any atom is 0.250 e. The molecule has 8 nitrogen and oxygen atoms in total. The molecule has 0 radical (unpaired) electrons. The predicted molar refractivity (Wildman–Crippen MR) is 89.7 cm³/mol. The molecule has 3 rings (SSSR count). The van der Waals surface area contributed by atoms with Crippen LogP contribution in [0.3, 0.4) is 0 Å². The molecule has 2 heterocycles. The normalized spacial score (nSPS) is 10.4. The van der Waals surface area contributed by atoms with E-state index < -0.39 is 12.5 Å². The Balaban J connectivity index is 1.77. The minimum Gasteiger partial charge on any atom is -0.387 e. The molecule has 0 saturated carbocycles. The van der Waals surface area contributed by atoms with Gasteiger partial charge in [0.25, 0.3) is 0 Å². The SMILES string of the molecule is Cn1cc(Nc2nccc(-c3ccc(NC(=O)CO)cc3)n2)cn1. The summed E-state index contributed by atoms with van der Waals surface area (Å²) in [4.78, 5) is 19.8. The number of aliphatic hydroxyl groups is 1. The highest BCUT2D eigenvalue weighted by atomic mass is 16.3. The second kappa shape index (κ2) is 6.88. The molecule has 3 aromatic rings. The van der Waals surface area contributed by atoms with Gasteiger partial charge in [-0.1, -0.05) is 12.1 Å². The van der Waals surface area contributed by atoms with Gasteiger partial charge in [0, 0.05) is 30.7 Å². The molecule has 0 saturated heterocycles.